The quantitative estimate of drug-likeness (QED) is 0.667. The Morgan fingerprint density at radius 2 is 1.82 bits per heavy atom. The lowest BCUT2D eigenvalue weighted by molar-refractivity contribution is -0.115. The maximum atomic E-state index is 12.5. The van der Waals surface area contributed by atoms with Gasteiger partial charge in [-0.3, -0.25) is 4.79 Å². The molecule has 0 saturated carbocycles. The first kappa shape index (κ1) is 19.2. The van der Waals surface area contributed by atoms with Gasteiger partial charge < -0.3 is 19.5 Å². The van der Waals surface area contributed by atoms with Gasteiger partial charge in [-0.1, -0.05) is 6.07 Å². The molecule has 2 aromatic carbocycles. The molecule has 0 atom stereocenters. The molecule has 0 spiro atoms. The average Bonchev–Trinajstić information content (AvgIpc) is 3.13. The highest BCUT2D eigenvalue weighted by molar-refractivity contribution is 5.93. The summed E-state index contributed by atoms with van der Waals surface area (Å²) >= 11 is 0. The molecule has 28 heavy (non-hydrogen) atoms. The van der Waals surface area contributed by atoms with Gasteiger partial charge in [0.05, 0.1) is 27.8 Å². The van der Waals surface area contributed by atoms with Crippen molar-refractivity contribution in [3.63, 3.8) is 0 Å². The van der Waals surface area contributed by atoms with Crippen molar-refractivity contribution in [3.05, 3.63) is 47.8 Å². The minimum Gasteiger partial charge on any atom is -0.497 e. The average molecular weight is 383 g/mol. The molecular weight excluding hydrogens is 362 g/mol. The fraction of sp³-hybridized carbons (Fsp3) is 0.263. The Morgan fingerprint density at radius 3 is 2.46 bits per heavy atom. The lowest BCUT2D eigenvalue weighted by atomic mass is 10.1. The Balaban J connectivity index is 1.80. The molecule has 0 saturated heterocycles. The number of methoxy groups -OCH3 is 3. The van der Waals surface area contributed by atoms with E-state index in [2.05, 4.69) is 20.8 Å². The smallest absolute Gasteiger partial charge is 0.228 e. The summed E-state index contributed by atoms with van der Waals surface area (Å²) in [6.45, 7) is 1.78. The van der Waals surface area contributed by atoms with Gasteiger partial charge in [-0.25, -0.2) is 0 Å². The Morgan fingerprint density at radius 1 is 1.04 bits per heavy atom. The maximum Gasteiger partial charge on any atom is 0.228 e. The number of amides is 1. The first-order chi connectivity index (χ1) is 13.5. The number of aryl methyl sites for hydroxylation is 1. The number of nitrogens with zero attached hydrogens (tertiary/aromatic N) is 4. The van der Waals surface area contributed by atoms with E-state index in [1.165, 1.54) is 0 Å². The first-order valence-corrected chi connectivity index (χ1v) is 8.50. The van der Waals surface area contributed by atoms with Gasteiger partial charge >= 0.3 is 0 Å². The molecule has 1 N–H and O–H groups in total. The van der Waals surface area contributed by atoms with E-state index in [1.54, 1.807) is 69.3 Å². The third-order valence-electron chi connectivity index (χ3n) is 4.16. The van der Waals surface area contributed by atoms with Gasteiger partial charge in [0.2, 0.25) is 5.91 Å². The van der Waals surface area contributed by atoms with Crippen LogP contribution in [0.15, 0.2) is 36.4 Å². The number of anilines is 1. The molecule has 0 aliphatic carbocycles. The Hall–Kier alpha value is -3.62. The largest absolute Gasteiger partial charge is 0.497 e. The zero-order valence-electron chi connectivity index (χ0n) is 16.1. The summed E-state index contributed by atoms with van der Waals surface area (Å²) < 4.78 is 17.4. The molecule has 9 nitrogen and oxygen atoms in total. The van der Waals surface area contributed by atoms with Crippen LogP contribution in [0.3, 0.4) is 0 Å². The molecule has 0 fully saturated rings. The van der Waals surface area contributed by atoms with Crippen molar-refractivity contribution in [2.24, 2.45) is 0 Å². The van der Waals surface area contributed by atoms with Crippen molar-refractivity contribution in [1.29, 1.82) is 0 Å². The van der Waals surface area contributed by atoms with E-state index in [1.807, 2.05) is 0 Å². The fourth-order valence-corrected chi connectivity index (χ4v) is 2.76. The molecule has 3 rings (SSSR count). The highest BCUT2D eigenvalue weighted by atomic mass is 16.5. The van der Waals surface area contributed by atoms with Crippen molar-refractivity contribution in [3.8, 4) is 22.9 Å². The van der Waals surface area contributed by atoms with Crippen LogP contribution in [0, 0.1) is 6.92 Å². The second-order valence-corrected chi connectivity index (χ2v) is 5.93. The predicted molar refractivity (Wildman–Crippen MR) is 102 cm³/mol. The standard InChI is InChI=1S/C19H21N5O4/c1-12-21-22-23-24(12)16-10-14(6-8-17(16)27-3)20-19(25)9-13-5-7-15(26-2)11-18(13)28-4/h5-8,10-11H,9H2,1-4H3,(H,20,25). The monoisotopic (exact) mass is 383 g/mol. The predicted octanol–water partition coefficient (Wildman–Crippen LogP) is 2.18. The maximum absolute atomic E-state index is 12.5. The van der Waals surface area contributed by atoms with Gasteiger partial charge in [0.1, 0.15) is 22.9 Å². The van der Waals surface area contributed by atoms with Crippen molar-refractivity contribution in [2.75, 3.05) is 26.6 Å². The van der Waals surface area contributed by atoms with Crippen LogP contribution >= 0.6 is 0 Å². The minimum absolute atomic E-state index is 0.151. The topological polar surface area (TPSA) is 100 Å². The first-order valence-electron chi connectivity index (χ1n) is 8.50. The Kier molecular flexibility index (Phi) is 5.73. The summed E-state index contributed by atoms with van der Waals surface area (Å²) in [5.41, 5.74) is 1.99. The van der Waals surface area contributed by atoms with Gasteiger partial charge in [0.25, 0.3) is 0 Å². The molecule has 9 heteroatoms. The highest BCUT2D eigenvalue weighted by Crippen LogP contribution is 2.28. The summed E-state index contributed by atoms with van der Waals surface area (Å²) in [5.74, 6) is 2.26. The second kappa shape index (κ2) is 8.38. The Labute approximate surface area is 162 Å². The lowest BCUT2D eigenvalue weighted by Gasteiger charge is -2.13. The zero-order chi connectivity index (χ0) is 20.1. The minimum atomic E-state index is -0.187. The molecule has 0 unspecified atom stereocenters. The number of carbonyl (C=O) groups excluding carboxylic acids is 1. The van der Waals surface area contributed by atoms with E-state index >= 15 is 0 Å². The lowest BCUT2D eigenvalue weighted by Crippen LogP contribution is -2.15. The van der Waals surface area contributed by atoms with Gasteiger partial charge in [-0.05, 0) is 41.6 Å². The van der Waals surface area contributed by atoms with Crippen LogP contribution in [0.5, 0.6) is 17.2 Å². The van der Waals surface area contributed by atoms with Crippen LogP contribution in [-0.2, 0) is 11.2 Å². The van der Waals surface area contributed by atoms with Crippen LogP contribution in [0.2, 0.25) is 0 Å². The second-order valence-electron chi connectivity index (χ2n) is 5.93. The summed E-state index contributed by atoms with van der Waals surface area (Å²) in [5, 5.41) is 14.4. The molecule has 0 aliphatic rings. The molecule has 0 aliphatic heterocycles. The third kappa shape index (κ3) is 4.03. The van der Waals surface area contributed by atoms with Crippen LogP contribution in [-0.4, -0.2) is 47.4 Å². The Bertz CT molecular complexity index is 986. The summed E-state index contributed by atoms with van der Waals surface area (Å²) in [7, 11) is 4.70. The number of ether oxygens (including phenoxy) is 3. The van der Waals surface area contributed by atoms with E-state index < -0.39 is 0 Å². The molecule has 3 aromatic rings. The highest BCUT2D eigenvalue weighted by Gasteiger charge is 2.14. The van der Waals surface area contributed by atoms with Crippen LogP contribution in [0.25, 0.3) is 5.69 Å². The number of rotatable bonds is 7. The zero-order valence-corrected chi connectivity index (χ0v) is 16.1. The van der Waals surface area contributed by atoms with Gasteiger partial charge in [0.15, 0.2) is 5.82 Å². The van der Waals surface area contributed by atoms with E-state index in [9.17, 15) is 4.79 Å². The number of nitrogens with one attached hydrogen (secondary N) is 1. The molecule has 1 heterocycles. The SMILES string of the molecule is COc1ccc(CC(=O)Nc2ccc(OC)c(-n3nnnc3C)c2)c(OC)c1. The normalized spacial score (nSPS) is 10.4. The van der Waals surface area contributed by atoms with E-state index in [-0.39, 0.29) is 12.3 Å². The van der Waals surface area contributed by atoms with Gasteiger partial charge in [0, 0.05) is 17.3 Å². The van der Waals surface area contributed by atoms with Crippen molar-refractivity contribution in [1.82, 2.24) is 20.2 Å². The summed E-state index contributed by atoms with van der Waals surface area (Å²) in [4.78, 5) is 12.5. The molecule has 1 amide bonds. The number of tetrazole rings is 1. The fourth-order valence-electron chi connectivity index (χ4n) is 2.76. The van der Waals surface area contributed by atoms with Gasteiger partial charge in [-0.2, -0.15) is 4.68 Å². The van der Waals surface area contributed by atoms with Crippen molar-refractivity contribution >= 4 is 11.6 Å². The number of hydrogen-bond acceptors (Lipinski definition) is 7. The molecule has 0 radical (unpaired) electrons. The van der Waals surface area contributed by atoms with Crippen molar-refractivity contribution in [2.45, 2.75) is 13.3 Å². The number of carbonyl (C=O) groups is 1. The molecule has 1 aromatic heterocycles. The third-order valence-corrected chi connectivity index (χ3v) is 4.16. The van der Waals surface area contributed by atoms with E-state index in [4.69, 9.17) is 14.2 Å². The van der Waals surface area contributed by atoms with Crippen molar-refractivity contribution < 1.29 is 19.0 Å². The number of hydrogen-bond donors (Lipinski definition) is 1. The number of aromatic nitrogens is 4. The van der Waals surface area contributed by atoms with E-state index in [0.29, 0.717) is 34.4 Å². The van der Waals surface area contributed by atoms with Crippen LogP contribution in [0.4, 0.5) is 5.69 Å². The van der Waals surface area contributed by atoms with Gasteiger partial charge in [-0.15, -0.1) is 5.10 Å². The molecule has 0 bridgehead atoms. The van der Waals surface area contributed by atoms with Crippen LogP contribution in [0.1, 0.15) is 11.4 Å². The van der Waals surface area contributed by atoms with E-state index in [0.717, 1.165) is 5.56 Å². The molecular formula is C19H21N5O4. The van der Waals surface area contributed by atoms with Crippen LogP contribution < -0.4 is 19.5 Å². The summed E-state index contributed by atoms with van der Waals surface area (Å²) in [6, 6.07) is 10.6. The molecule has 146 valence electrons. The number of benzene rings is 2. The summed E-state index contributed by atoms with van der Waals surface area (Å²) in [6.07, 6.45) is 0.151.